The Bertz CT molecular complexity index is 558. The average Bonchev–Trinajstić information content (AvgIpc) is 2.59. The Labute approximate surface area is 170 Å². The minimum atomic E-state index is -2.00. The molecule has 0 aromatic heterocycles. The van der Waals surface area contributed by atoms with Crippen LogP contribution < -0.4 is 0 Å². The maximum absolute atomic E-state index is 12.0. The van der Waals surface area contributed by atoms with E-state index in [0.29, 0.717) is 38.5 Å². The molecule has 0 radical (unpaired) electrons. The van der Waals surface area contributed by atoms with Crippen molar-refractivity contribution in [3.8, 4) is 0 Å². The summed E-state index contributed by atoms with van der Waals surface area (Å²) in [4.78, 5) is 23.6. The number of ether oxygens (including phenoxy) is 3. The molecule has 2 aliphatic heterocycles. The lowest BCUT2D eigenvalue weighted by molar-refractivity contribution is -0.331. The van der Waals surface area contributed by atoms with Crippen molar-refractivity contribution >= 4 is 20.4 Å². The van der Waals surface area contributed by atoms with Crippen molar-refractivity contribution in [2.45, 2.75) is 115 Å². The predicted molar refractivity (Wildman–Crippen MR) is 110 cm³/mol. The fraction of sp³-hybridized carbons (Fsp3) is 0.905. The third-order valence-corrected chi connectivity index (χ3v) is 11.0. The van der Waals surface area contributed by atoms with Gasteiger partial charge in [-0.25, -0.2) is 0 Å². The van der Waals surface area contributed by atoms with Crippen LogP contribution in [-0.2, 0) is 28.2 Å². The molecule has 0 bridgehead atoms. The Balaban J connectivity index is 2.22. The monoisotopic (exact) mass is 414 g/mol. The molecule has 2 heterocycles. The minimum Gasteiger partial charge on any atom is -0.414 e. The second-order valence-corrected chi connectivity index (χ2v) is 14.5. The zero-order chi connectivity index (χ0) is 21.2. The Kier molecular flexibility index (Phi) is 7.64. The minimum absolute atomic E-state index is 0.0673. The molecule has 162 valence electrons. The number of hydrogen-bond acceptors (Lipinski definition) is 6. The lowest BCUT2D eigenvalue weighted by atomic mass is 9.88. The van der Waals surface area contributed by atoms with Gasteiger partial charge >= 0.3 is 0 Å². The normalized spacial score (nSPS) is 34.4. The van der Waals surface area contributed by atoms with Gasteiger partial charge in [-0.3, -0.25) is 4.79 Å². The Morgan fingerprint density at radius 3 is 2.36 bits per heavy atom. The molecule has 0 saturated carbocycles. The number of methoxy groups -OCH3 is 1. The van der Waals surface area contributed by atoms with E-state index in [1.807, 2.05) is 6.92 Å². The van der Waals surface area contributed by atoms with Crippen LogP contribution in [0.1, 0.15) is 66.2 Å². The zero-order valence-corrected chi connectivity index (χ0v) is 19.6. The average molecular weight is 415 g/mol. The predicted octanol–water partition coefficient (Wildman–Crippen LogP) is 4.01. The van der Waals surface area contributed by atoms with Gasteiger partial charge in [0.25, 0.3) is 0 Å². The number of carbonyl (C=O) groups excluding carboxylic acids is 2. The molecule has 2 saturated heterocycles. The van der Waals surface area contributed by atoms with Crippen LogP contribution >= 0.6 is 0 Å². The van der Waals surface area contributed by atoms with Gasteiger partial charge in [-0.1, -0.05) is 27.7 Å². The highest BCUT2D eigenvalue weighted by Crippen LogP contribution is 2.44. The van der Waals surface area contributed by atoms with Crippen LogP contribution in [0.4, 0.5) is 0 Å². The van der Waals surface area contributed by atoms with Crippen LogP contribution in [0.2, 0.25) is 18.1 Å². The summed E-state index contributed by atoms with van der Waals surface area (Å²) < 4.78 is 24.7. The summed E-state index contributed by atoms with van der Waals surface area (Å²) >= 11 is 0. The summed E-state index contributed by atoms with van der Waals surface area (Å²) in [6.07, 6.45) is 2.97. The van der Waals surface area contributed by atoms with E-state index < -0.39 is 20.2 Å². The largest absolute Gasteiger partial charge is 0.414 e. The number of rotatable bonds is 7. The van der Waals surface area contributed by atoms with Crippen molar-refractivity contribution in [1.29, 1.82) is 0 Å². The fourth-order valence-corrected chi connectivity index (χ4v) is 5.23. The van der Waals surface area contributed by atoms with Gasteiger partial charge < -0.3 is 23.4 Å². The van der Waals surface area contributed by atoms with Gasteiger partial charge in [-0.2, -0.15) is 0 Å². The highest BCUT2D eigenvalue weighted by molar-refractivity contribution is 6.74. The molecule has 0 amide bonds. The maximum Gasteiger partial charge on any atom is 0.192 e. The van der Waals surface area contributed by atoms with E-state index in [9.17, 15) is 9.59 Å². The molecule has 0 unspecified atom stereocenters. The summed E-state index contributed by atoms with van der Waals surface area (Å²) in [6, 6.07) is 0. The summed E-state index contributed by atoms with van der Waals surface area (Å²) in [5, 5.41) is 0.0771. The van der Waals surface area contributed by atoms with Gasteiger partial charge in [0.15, 0.2) is 14.1 Å². The highest BCUT2D eigenvalue weighted by atomic mass is 28.4. The molecule has 0 aromatic carbocycles. The quantitative estimate of drug-likeness (QED) is 0.463. The van der Waals surface area contributed by atoms with Gasteiger partial charge in [0.05, 0.1) is 18.3 Å². The molecule has 2 fully saturated rings. The third-order valence-electron chi connectivity index (χ3n) is 6.45. The van der Waals surface area contributed by atoms with E-state index in [1.165, 1.54) is 0 Å². The van der Waals surface area contributed by atoms with Crippen molar-refractivity contribution in [2.24, 2.45) is 0 Å². The topological polar surface area (TPSA) is 71.1 Å². The first-order valence-corrected chi connectivity index (χ1v) is 13.4. The summed E-state index contributed by atoms with van der Waals surface area (Å²) in [5.41, 5.74) is 0. The molecule has 2 aliphatic rings. The lowest BCUT2D eigenvalue weighted by Gasteiger charge is -2.50. The molecule has 2 rings (SSSR count). The molecule has 1 spiro atoms. The van der Waals surface area contributed by atoms with Crippen molar-refractivity contribution in [1.82, 2.24) is 0 Å². The van der Waals surface area contributed by atoms with Crippen LogP contribution in [0.25, 0.3) is 0 Å². The third kappa shape index (κ3) is 5.72. The van der Waals surface area contributed by atoms with E-state index in [2.05, 4.69) is 33.9 Å². The van der Waals surface area contributed by atoms with Crippen LogP contribution in [0, 0.1) is 0 Å². The van der Waals surface area contributed by atoms with Crippen LogP contribution in [-0.4, -0.2) is 57.7 Å². The van der Waals surface area contributed by atoms with Crippen LogP contribution in [0.15, 0.2) is 0 Å². The lowest BCUT2D eigenvalue weighted by Crippen LogP contribution is -2.57. The van der Waals surface area contributed by atoms with Crippen LogP contribution in [0.3, 0.4) is 0 Å². The zero-order valence-electron chi connectivity index (χ0n) is 18.6. The van der Waals surface area contributed by atoms with Crippen LogP contribution in [0.5, 0.6) is 0 Å². The molecular formula is C21H38O6Si. The molecule has 5 atom stereocenters. The summed E-state index contributed by atoms with van der Waals surface area (Å²) in [6.45, 7) is 12.9. The molecule has 7 heteroatoms. The number of hydrogen-bond donors (Lipinski definition) is 0. The SMILES string of the molecule is CCC(=O)C[C@@H]1C[C@H](OC)C[C@]2(C[C@@H](O[Si](C)(C)C(C)(C)C)C[C@H](C=O)O2)O1. The number of carbonyl (C=O) groups is 2. The van der Waals surface area contributed by atoms with E-state index in [-0.39, 0.29) is 29.1 Å². The Morgan fingerprint density at radius 1 is 1.18 bits per heavy atom. The molecule has 28 heavy (non-hydrogen) atoms. The van der Waals surface area contributed by atoms with E-state index in [0.717, 1.165) is 6.29 Å². The van der Waals surface area contributed by atoms with Crippen molar-refractivity contribution < 1.29 is 28.2 Å². The fourth-order valence-electron chi connectivity index (χ4n) is 3.86. The first kappa shape index (κ1) is 23.7. The number of ketones is 1. The highest BCUT2D eigenvalue weighted by Gasteiger charge is 2.51. The first-order chi connectivity index (χ1) is 12.9. The number of Topliss-reactive ketones (excluding diaryl/α,β-unsaturated/α-hetero) is 1. The van der Waals surface area contributed by atoms with E-state index in [1.54, 1.807) is 7.11 Å². The summed E-state index contributed by atoms with van der Waals surface area (Å²) in [7, 11) is -0.329. The van der Waals surface area contributed by atoms with Gasteiger partial charge in [-0.15, -0.1) is 0 Å². The molecule has 6 nitrogen and oxygen atoms in total. The molecule has 0 aromatic rings. The van der Waals surface area contributed by atoms with Gasteiger partial charge in [0.1, 0.15) is 18.2 Å². The van der Waals surface area contributed by atoms with Crippen molar-refractivity contribution in [2.75, 3.05) is 7.11 Å². The molecule has 0 aliphatic carbocycles. The van der Waals surface area contributed by atoms with Gasteiger partial charge in [-0.05, 0) is 18.1 Å². The van der Waals surface area contributed by atoms with Crippen molar-refractivity contribution in [3.63, 3.8) is 0 Å². The van der Waals surface area contributed by atoms with Gasteiger partial charge in [0, 0.05) is 45.6 Å². The Morgan fingerprint density at radius 2 is 1.82 bits per heavy atom. The molecule has 0 N–H and O–H groups in total. The van der Waals surface area contributed by atoms with E-state index in [4.69, 9.17) is 18.6 Å². The van der Waals surface area contributed by atoms with Gasteiger partial charge in [0.2, 0.25) is 0 Å². The maximum atomic E-state index is 12.0. The standard InChI is InChI=1S/C21H38O6Si/c1-8-15(23)9-16-10-17(24-5)12-21(25-16)13-18(11-19(14-22)26-21)27-28(6,7)20(2,3)4/h14,16-19H,8-13H2,1-7H3/t16-,17+,18+,19-,21+/m1/s1. The van der Waals surface area contributed by atoms with E-state index >= 15 is 0 Å². The first-order valence-electron chi connectivity index (χ1n) is 10.5. The second-order valence-electron chi connectivity index (χ2n) is 9.78. The molecular weight excluding hydrogens is 376 g/mol. The smallest absolute Gasteiger partial charge is 0.192 e. The Hall–Kier alpha value is -0.603. The number of aldehydes is 1. The second kappa shape index (κ2) is 9.04. The summed E-state index contributed by atoms with van der Waals surface area (Å²) in [5.74, 6) is -0.775. The van der Waals surface area contributed by atoms with Crippen molar-refractivity contribution in [3.05, 3.63) is 0 Å².